The lowest BCUT2D eigenvalue weighted by atomic mass is 10.0. The molecule has 2 amide bonds. The van der Waals surface area contributed by atoms with E-state index in [1.54, 1.807) is 18.4 Å². The van der Waals surface area contributed by atoms with Crippen LogP contribution in [0, 0.1) is 0 Å². The van der Waals surface area contributed by atoms with Crippen molar-refractivity contribution in [1.29, 1.82) is 0 Å². The van der Waals surface area contributed by atoms with Crippen molar-refractivity contribution in [1.82, 2.24) is 20.4 Å². The Morgan fingerprint density at radius 1 is 1.09 bits per heavy atom. The molecule has 1 aliphatic heterocycles. The number of nitrogens with one attached hydrogen (secondary N) is 2. The zero-order valence-electron chi connectivity index (χ0n) is 19.9. The number of likely N-dealkylation sites (N-methyl/N-ethyl adjacent to an activating group) is 1. The maximum atomic E-state index is 12.5. The monoisotopic (exact) mass is 473 g/mol. The summed E-state index contributed by atoms with van der Waals surface area (Å²) in [6, 6.07) is 12.1. The lowest BCUT2D eigenvalue weighted by Gasteiger charge is -2.42. The van der Waals surface area contributed by atoms with Crippen molar-refractivity contribution in [2.45, 2.75) is 19.0 Å². The van der Waals surface area contributed by atoms with E-state index in [2.05, 4.69) is 44.0 Å². The van der Waals surface area contributed by atoms with E-state index in [1.165, 1.54) is 10.6 Å². The van der Waals surface area contributed by atoms with Crippen LogP contribution in [0.4, 0.5) is 5.69 Å². The summed E-state index contributed by atoms with van der Waals surface area (Å²) in [5.74, 6) is -0.317. The van der Waals surface area contributed by atoms with Gasteiger partial charge in [-0.05, 0) is 56.7 Å². The van der Waals surface area contributed by atoms with Crippen LogP contribution in [0.1, 0.15) is 17.8 Å². The van der Waals surface area contributed by atoms with Gasteiger partial charge in [0.05, 0.1) is 13.2 Å². The molecule has 0 aliphatic carbocycles. The van der Waals surface area contributed by atoms with Gasteiger partial charge in [0.2, 0.25) is 0 Å². The highest BCUT2D eigenvalue weighted by Gasteiger charge is 2.31. The first-order valence-corrected chi connectivity index (χ1v) is 12.2. The van der Waals surface area contributed by atoms with E-state index < -0.39 is 11.8 Å². The van der Waals surface area contributed by atoms with E-state index in [1.807, 2.05) is 44.1 Å². The highest BCUT2D eigenvalue weighted by molar-refractivity contribution is 7.10. The zero-order valence-corrected chi connectivity index (χ0v) is 20.7. The number of carbonyl (C=O) groups is 2. The van der Waals surface area contributed by atoms with Crippen molar-refractivity contribution in [2.75, 3.05) is 65.4 Å². The van der Waals surface area contributed by atoms with Crippen LogP contribution in [0.2, 0.25) is 0 Å². The molecule has 2 aromatic rings. The quantitative estimate of drug-likeness (QED) is 0.541. The largest absolute Gasteiger partial charge is 0.497 e. The number of carbonyl (C=O) groups excluding carboxylic acids is 2. The SMILES string of the molecule is COc1ccc(N2CCN(C(c3cccs3)C(C)NC(=O)C(=O)NCCN(C)C)CC2)cc1. The van der Waals surface area contributed by atoms with Crippen molar-refractivity contribution in [3.63, 3.8) is 0 Å². The summed E-state index contributed by atoms with van der Waals surface area (Å²) in [6.45, 7) is 6.61. The molecule has 180 valence electrons. The van der Waals surface area contributed by atoms with Gasteiger partial charge in [-0.2, -0.15) is 0 Å². The molecule has 0 radical (unpaired) electrons. The molecule has 2 unspecified atom stereocenters. The number of ether oxygens (including phenoxy) is 1. The van der Waals surface area contributed by atoms with Crippen LogP contribution in [-0.4, -0.2) is 88.1 Å². The van der Waals surface area contributed by atoms with Gasteiger partial charge in [-0.25, -0.2) is 0 Å². The number of amides is 2. The Morgan fingerprint density at radius 2 is 1.79 bits per heavy atom. The third-order valence-electron chi connectivity index (χ3n) is 5.86. The summed E-state index contributed by atoms with van der Waals surface area (Å²) in [7, 11) is 5.52. The number of benzene rings is 1. The summed E-state index contributed by atoms with van der Waals surface area (Å²) in [5.41, 5.74) is 1.18. The normalized spacial score (nSPS) is 16.3. The number of rotatable bonds is 9. The molecule has 9 heteroatoms. The molecule has 2 N–H and O–H groups in total. The van der Waals surface area contributed by atoms with E-state index in [4.69, 9.17) is 4.74 Å². The van der Waals surface area contributed by atoms with E-state index >= 15 is 0 Å². The first-order chi connectivity index (χ1) is 15.9. The van der Waals surface area contributed by atoms with Crippen LogP contribution in [-0.2, 0) is 9.59 Å². The van der Waals surface area contributed by atoms with Gasteiger partial charge in [0.1, 0.15) is 5.75 Å². The minimum Gasteiger partial charge on any atom is -0.497 e. The fourth-order valence-corrected chi connectivity index (χ4v) is 5.04. The molecular weight excluding hydrogens is 438 g/mol. The summed E-state index contributed by atoms with van der Waals surface area (Å²) in [6.07, 6.45) is 0. The molecule has 1 aromatic carbocycles. The maximum absolute atomic E-state index is 12.5. The van der Waals surface area contributed by atoms with Crippen LogP contribution in [0.15, 0.2) is 41.8 Å². The third kappa shape index (κ3) is 6.93. The molecule has 2 atom stereocenters. The first-order valence-electron chi connectivity index (χ1n) is 11.3. The average molecular weight is 474 g/mol. The standard InChI is InChI=1S/C24H35N5O3S/c1-18(26-24(31)23(30)25-11-12-27(2)3)22(21-6-5-17-33-21)29-15-13-28(14-16-29)19-7-9-20(32-4)10-8-19/h5-10,17-18,22H,11-16H2,1-4H3,(H,25,30)(H,26,31). The molecule has 1 saturated heterocycles. The van der Waals surface area contributed by atoms with Crippen LogP contribution >= 0.6 is 11.3 Å². The molecule has 33 heavy (non-hydrogen) atoms. The second-order valence-electron chi connectivity index (χ2n) is 8.50. The Kier molecular flexibility index (Phi) is 9.11. The number of piperazine rings is 1. The van der Waals surface area contributed by atoms with Gasteiger partial charge in [0, 0.05) is 55.9 Å². The second kappa shape index (κ2) is 12.0. The van der Waals surface area contributed by atoms with E-state index in [0.29, 0.717) is 13.1 Å². The fraction of sp³-hybridized carbons (Fsp3) is 0.500. The number of hydrogen-bond acceptors (Lipinski definition) is 7. The molecule has 3 rings (SSSR count). The highest BCUT2D eigenvalue weighted by atomic mass is 32.1. The van der Waals surface area contributed by atoms with Crippen LogP contribution in [0.3, 0.4) is 0 Å². The van der Waals surface area contributed by atoms with Crippen LogP contribution in [0.25, 0.3) is 0 Å². The van der Waals surface area contributed by atoms with Gasteiger partial charge in [0.15, 0.2) is 0 Å². The highest BCUT2D eigenvalue weighted by Crippen LogP contribution is 2.30. The molecule has 0 saturated carbocycles. The molecule has 0 bridgehead atoms. The van der Waals surface area contributed by atoms with Gasteiger partial charge in [-0.1, -0.05) is 6.07 Å². The number of thiophene rings is 1. The molecule has 0 spiro atoms. The third-order valence-corrected chi connectivity index (χ3v) is 6.81. The Bertz CT molecular complexity index is 880. The Labute approximate surface area is 200 Å². The molecule has 2 heterocycles. The Hall–Kier alpha value is -2.62. The van der Waals surface area contributed by atoms with Gasteiger partial charge < -0.3 is 25.2 Å². The molecule has 1 fully saturated rings. The molecule has 8 nitrogen and oxygen atoms in total. The lowest BCUT2D eigenvalue weighted by molar-refractivity contribution is -0.139. The summed E-state index contributed by atoms with van der Waals surface area (Å²) in [4.78, 5) is 32.6. The van der Waals surface area contributed by atoms with E-state index in [-0.39, 0.29) is 12.1 Å². The minimum atomic E-state index is -0.585. The number of nitrogens with zero attached hydrogens (tertiary/aromatic N) is 3. The van der Waals surface area contributed by atoms with Crippen LogP contribution < -0.4 is 20.3 Å². The topological polar surface area (TPSA) is 77.1 Å². The number of methoxy groups -OCH3 is 1. The van der Waals surface area contributed by atoms with Crippen molar-refractivity contribution >= 4 is 28.8 Å². The molecule has 1 aromatic heterocycles. The van der Waals surface area contributed by atoms with E-state index in [0.717, 1.165) is 31.9 Å². The number of hydrogen-bond donors (Lipinski definition) is 2. The Morgan fingerprint density at radius 3 is 2.36 bits per heavy atom. The fourth-order valence-electron chi connectivity index (χ4n) is 4.08. The molecule has 1 aliphatic rings. The van der Waals surface area contributed by atoms with Gasteiger partial charge in [-0.3, -0.25) is 14.5 Å². The maximum Gasteiger partial charge on any atom is 0.309 e. The van der Waals surface area contributed by atoms with Crippen molar-refractivity contribution < 1.29 is 14.3 Å². The average Bonchev–Trinajstić information content (AvgIpc) is 3.33. The Balaban J connectivity index is 1.61. The first kappa shape index (κ1) is 25.0. The number of anilines is 1. The summed E-state index contributed by atoms with van der Waals surface area (Å²) < 4.78 is 5.26. The van der Waals surface area contributed by atoms with Crippen molar-refractivity contribution in [2.24, 2.45) is 0 Å². The zero-order chi connectivity index (χ0) is 23.8. The lowest BCUT2D eigenvalue weighted by Crippen LogP contribution is -2.54. The van der Waals surface area contributed by atoms with Crippen LogP contribution in [0.5, 0.6) is 5.75 Å². The second-order valence-corrected chi connectivity index (χ2v) is 9.48. The predicted molar refractivity (Wildman–Crippen MR) is 133 cm³/mol. The van der Waals surface area contributed by atoms with E-state index in [9.17, 15) is 9.59 Å². The smallest absolute Gasteiger partial charge is 0.309 e. The van der Waals surface area contributed by atoms with Gasteiger partial charge in [0.25, 0.3) is 0 Å². The molecular formula is C24H35N5O3S. The minimum absolute atomic E-state index is 0.0153. The van der Waals surface area contributed by atoms with Gasteiger partial charge >= 0.3 is 11.8 Å². The summed E-state index contributed by atoms with van der Waals surface area (Å²) in [5, 5.41) is 7.67. The summed E-state index contributed by atoms with van der Waals surface area (Å²) >= 11 is 1.68. The van der Waals surface area contributed by atoms with Gasteiger partial charge in [-0.15, -0.1) is 11.3 Å². The van der Waals surface area contributed by atoms with Crippen molar-refractivity contribution in [3.05, 3.63) is 46.7 Å². The predicted octanol–water partition coefficient (Wildman–Crippen LogP) is 1.80. The van der Waals surface area contributed by atoms with Crippen molar-refractivity contribution in [3.8, 4) is 5.75 Å².